The van der Waals surface area contributed by atoms with E-state index >= 15 is 0 Å². The number of amides is 2. The number of hydrogen-bond donors (Lipinski definition) is 2. The topological polar surface area (TPSA) is 58.2 Å². The van der Waals surface area contributed by atoms with Crippen molar-refractivity contribution < 1.29 is 9.59 Å². The van der Waals surface area contributed by atoms with Gasteiger partial charge in [-0.2, -0.15) is 0 Å². The summed E-state index contributed by atoms with van der Waals surface area (Å²) in [7, 11) is 0. The lowest BCUT2D eigenvalue weighted by Crippen LogP contribution is -2.37. The van der Waals surface area contributed by atoms with Gasteiger partial charge in [0.15, 0.2) is 0 Å². The fraction of sp³-hybridized carbons (Fsp3) is 0.263. The minimum Gasteiger partial charge on any atom is -0.355 e. The van der Waals surface area contributed by atoms with Crippen LogP contribution in [0.3, 0.4) is 0 Å². The van der Waals surface area contributed by atoms with Crippen LogP contribution >= 0.6 is 23.2 Å². The third-order valence-electron chi connectivity index (χ3n) is 4.54. The molecule has 0 unspecified atom stereocenters. The molecule has 2 amide bonds. The highest BCUT2D eigenvalue weighted by Gasteiger charge is 2.36. The van der Waals surface area contributed by atoms with Crippen LogP contribution in [0.5, 0.6) is 0 Å². The average Bonchev–Trinajstić information content (AvgIpc) is 2.94. The second-order valence-corrected chi connectivity index (χ2v) is 7.06. The summed E-state index contributed by atoms with van der Waals surface area (Å²) in [4.78, 5) is 24.4. The molecule has 0 bridgehead atoms. The van der Waals surface area contributed by atoms with Crippen LogP contribution in [0.4, 0.5) is 0 Å². The Labute approximate surface area is 156 Å². The van der Waals surface area contributed by atoms with Crippen molar-refractivity contribution in [2.24, 2.45) is 11.8 Å². The van der Waals surface area contributed by atoms with Crippen molar-refractivity contribution in [3.63, 3.8) is 0 Å². The zero-order valence-corrected chi connectivity index (χ0v) is 15.1. The predicted molar refractivity (Wildman–Crippen MR) is 98.6 cm³/mol. The number of nitrogens with one attached hydrogen (secondary N) is 2. The second kappa shape index (κ2) is 7.46. The monoisotopic (exact) mass is 376 g/mol. The maximum Gasteiger partial charge on any atom is 0.226 e. The Balaban J connectivity index is 1.88. The van der Waals surface area contributed by atoms with Crippen LogP contribution < -0.4 is 10.6 Å². The van der Waals surface area contributed by atoms with Gasteiger partial charge in [0.2, 0.25) is 11.8 Å². The molecular weight excluding hydrogens is 359 g/mol. The Morgan fingerprint density at radius 2 is 1.52 bits per heavy atom. The molecule has 1 aliphatic rings. The Bertz CT molecular complexity index is 730. The number of carbonyl (C=O) groups excluding carboxylic acids is 2. The van der Waals surface area contributed by atoms with Gasteiger partial charge in [-0.3, -0.25) is 9.59 Å². The van der Waals surface area contributed by atoms with E-state index in [1.807, 2.05) is 24.3 Å². The fourth-order valence-corrected chi connectivity index (χ4v) is 3.22. The van der Waals surface area contributed by atoms with Gasteiger partial charge in [-0.15, -0.1) is 0 Å². The van der Waals surface area contributed by atoms with Gasteiger partial charge in [0.05, 0.1) is 12.0 Å². The summed E-state index contributed by atoms with van der Waals surface area (Å²) in [6, 6.07) is 14.3. The van der Waals surface area contributed by atoms with Gasteiger partial charge in [0.25, 0.3) is 0 Å². The minimum absolute atomic E-state index is 0.0883. The van der Waals surface area contributed by atoms with Crippen molar-refractivity contribution in [3.05, 3.63) is 69.7 Å². The standard InChI is InChI=1S/C19H18Cl2N2O2/c1-11-16(10-22-18(11)24)19(25)23-17(12-2-6-14(20)7-3-12)13-4-8-15(21)9-5-13/h2-9,11,16-17H,10H2,1H3,(H,22,24)(H,23,25)/t11-,16+/m0/s1. The van der Waals surface area contributed by atoms with Gasteiger partial charge in [-0.1, -0.05) is 54.4 Å². The third-order valence-corrected chi connectivity index (χ3v) is 5.05. The first kappa shape index (κ1) is 17.8. The van der Waals surface area contributed by atoms with E-state index in [9.17, 15) is 9.59 Å². The van der Waals surface area contributed by atoms with Gasteiger partial charge in [-0.05, 0) is 35.4 Å². The SMILES string of the molecule is C[C@@H]1C(=O)NC[C@H]1C(=O)NC(c1ccc(Cl)cc1)c1ccc(Cl)cc1. The van der Waals surface area contributed by atoms with E-state index in [4.69, 9.17) is 23.2 Å². The number of halogens is 2. The first-order valence-corrected chi connectivity index (χ1v) is 8.80. The van der Waals surface area contributed by atoms with E-state index in [-0.39, 0.29) is 29.7 Å². The molecule has 1 fully saturated rings. The number of benzene rings is 2. The zero-order valence-electron chi connectivity index (χ0n) is 13.6. The number of hydrogen-bond acceptors (Lipinski definition) is 2. The summed E-state index contributed by atoms with van der Waals surface area (Å²) in [6.45, 7) is 2.13. The first-order chi connectivity index (χ1) is 12.0. The van der Waals surface area contributed by atoms with Crippen molar-refractivity contribution in [2.75, 3.05) is 6.54 Å². The van der Waals surface area contributed by atoms with E-state index in [0.717, 1.165) is 11.1 Å². The molecule has 3 rings (SSSR count). The van der Waals surface area contributed by atoms with Crippen LogP contribution in [0, 0.1) is 11.8 Å². The molecule has 1 heterocycles. The highest BCUT2D eigenvalue weighted by atomic mass is 35.5. The molecule has 0 saturated carbocycles. The molecular formula is C19H18Cl2N2O2. The minimum atomic E-state index is -0.380. The molecule has 25 heavy (non-hydrogen) atoms. The maximum absolute atomic E-state index is 12.7. The van der Waals surface area contributed by atoms with Crippen LogP contribution in [-0.2, 0) is 9.59 Å². The number of rotatable bonds is 4. The first-order valence-electron chi connectivity index (χ1n) is 8.04. The molecule has 6 heteroatoms. The maximum atomic E-state index is 12.7. The van der Waals surface area contributed by atoms with Gasteiger partial charge in [-0.25, -0.2) is 0 Å². The van der Waals surface area contributed by atoms with Crippen LogP contribution in [0.2, 0.25) is 10.0 Å². The lowest BCUT2D eigenvalue weighted by atomic mass is 9.94. The lowest BCUT2D eigenvalue weighted by molar-refractivity contribution is -0.129. The van der Waals surface area contributed by atoms with Crippen molar-refractivity contribution in [3.8, 4) is 0 Å². The highest BCUT2D eigenvalue weighted by molar-refractivity contribution is 6.30. The van der Waals surface area contributed by atoms with Crippen LogP contribution in [0.1, 0.15) is 24.1 Å². The largest absolute Gasteiger partial charge is 0.355 e. The van der Waals surface area contributed by atoms with Crippen molar-refractivity contribution in [1.82, 2.24) is 10.6 Å². The molecule has 0 aromatic heterocycles. The summed E-state index contributed by atoms with van der Waals surface area (Å²) >= 11 is 12.0. The molecule has 1 saturated heterocycles. The molecule has 2 N–H and O–H groups in total. The molecule has 1 aliphatic heterocycles. The van der Waals surface area contributed by atoms with E-state index in [1.165, 1.54) is 0 Å². The fourth-order valence-electron chi connectivity index (χ4n) is 2.97. The van der Waals surface area contributed by atoms with Crippen molar-refractivity contribution >= 4 is 35.0 Å². The van der Waals surface area contributed by atoms with E-state index in [1.54, 1.807) is 31.2 Å². The zero-order chi connectivity index (χ0) is 18.0. The molecule has 0 radical (unpaired) electrons. The summed E-state index contributed by atoms with van der Waals surface area (Å²) < 4.78 is 0. The Morgan fingerprint density at radius 1 is 1.04 bits per heavy atom. The van der Waals surface area contributed by atoms with E-state index < -0.39 is 0 Å². The van der Waals surface area contributed by atoms with E-state index in [0.29, 0.717) is 16.6 Å². The summed E-state index contributed by atoms with van der Waals surface area (Å²) in [5.74, 6) is -0.957. The summed E-state index contributed by atoms with van der Waals surface area (Å²) in [5, 5.41) is 7.06. The van der Waals surface area contributed by atoms with Crippen molar-refractivity contribution in [1.29, 1.82) is 0 Å². The van der Waals surface area contributed by atoms with Gasteiger partial charge in [0, 0.05) is 22.5 Å². The van der Waals surface area contributed by atoms with Crippen LogP contribution in [0.25, 0.3) is 0 Å². The predicted octanol–water partition coefficient (Wildman–Crippen LogP) is 3.58. The van der Waals surface area contributed by atoms with Gasteiger partial charge < -0.3 is 10.6 Å². The molecule has 0 aliphatic carbocycles. The number of carbonyl (C=O) groups is 2. The Morgan fingerprint density at radius 3 is 1.92 bits per heavy atom. The van der Waals surface area contributed by atoms with Gasteiger partial charge >= 0.3 is 0 Å². The van der Waals surface area contributed by atoms with Gasteiger partial charge in [0.1, 0.15) is 0 Å². The molecule has 2 aromatic rings. The highest BCUT2D eigenvalue weighted by Crippen LogP contribution is 2.26. The van der Waals surface area contributed by atoms with Crippen LogP contribution in [-0.4, -0.2) is 18.4 Å². The van der Waals surface area contributed by atoms with Crippen LogP contribution in [0.15, 0.2) is 48.5 Å². The second-order valence-electron chi connectivity index (χ2n) is 6.19. The Kier molecular flexibility index (Phi) is 5.30. The Hall–Kier alpha value is -2.04. The molecule has 130 valence electrons. The third kappa shape index (κ3) is 3.97. The normalized spacial score (nSPS) is 19.8. The average molecular weight is 377 g/mol. The summed E-state index contributed by atoms with van der Waals surface area (Å²) in [5.41, 5.74) is 1.81. The molecule has 2 atom stereocenters. The molecule has 0 spiro atoms. The smallest absolute Gasteiger partial charge is 0.226 e. The lowest BCUT2D eigenvalue weighted by Gasteiger charge is -2.23. The van der Waals surface area contributed by atoms with E-state index in [2.05, 4.69) is 10.6 Å². The summed E-state index contributed by atoms with van der Waals surface area (Å²) in [6.07, 6.45) is 0. The molecule has 4 nitrogen and oxygen atoms in total. The quantitative estimate of drug-likeness (QED) is 0.856. The molecule has 2 aromatic carbocycles. The van der Waals surface area contributed by atoms with Crippen molar-refractivity contribution in [2.45, 2.75) is 13.0 Å².